The van der Waals surface area contributed by atoms with Gasteiger partial charge in [-0.3, -0.25) is 4.90 Å². The van der Waals surface area contributed by atoms with E-state index >= 15 is 0 Å². The molecule has 1 aliphatic heterocycles. The van der Waals surface area contributed by atoms with Crippen molar-refractivity contribution in [3.8, 4) is 6.07 Å². The molecule has 6 nitrogen and oxygen atoms in total. The Morgan fingerprint density at radius 1 is 0.931 bits per heavy atom. The van der Waals surface area contributed by atoms with Gasteiger partial charge >= 0.3 is 0 Å². The van der Waals surface area contributed by atoms with Gasteiger partial charge in [-0.1, -0.05) is 24.3 Å². The maximum absolute atomic E-state index is 8.95. The molecule has 0 unspecified atom stereocenters. The van der Waals surface area contributed by atoms with Gasteiger partial charge in [-0.05, 0) is 42.7 Å². The molecule has 0 atom stereocenters. The van der Waals surface area contributed by atoms with Crippen LogP contribution in [-0.2, 0) is 6.54 Å². The summed E-state index contributed by atoms with van der Waals surface area (Å²) >= 11 is 0. The summed E-state index contributed by atoms with van der Waals surface area (Å²) in [5, 5.41) is 12.5. The first-order valence-corrected chi connectivity index (χ1v) is 10.3. The lowest BCUT2D eigenvalue weighted by Crippen LogP contribution is -2.46. The third-order valence-electron chi connectivity index (χ3n) is 5.63. The molecule has 1 saturated heterocycles. The fraction of sp³-hybridized carbons (Fsp3) is 0.348. The summed E-state index contributed by atoms with van der Waals surface area (Å²) in [5.41, 5.74) is 3.85. The van der Waals surface area contributed by atoms with Crippen molar-refractivity contribution >= 4 is 22.7 Å². The van der Waals surface area contributed by atoms with Gasteiger partial charge in [-0.15, -0.1) is 0 Å². The maximum atomic E-state index is 8.95. The lowest BCUT2D eigenvalue weighted by Gasteiger charge is -2.36. The first-order chi connectivity index (χ1) is 14.3. The number of rotatable bonds is 5. The Hall–Kier alpha value is -3.17. The van der Waals surface area contributed by atoms with Crippen molar-refractivity contribution < 1.29 is 0 Å². The van der Waals surface area contributed by atoms with Crippen molar-refractivity contribution in [2.45, 2.75) is 25.4 Å². The first kappa shape index (κ1) is 17.9. The number of nitrogens with one attached hydrogen (secondary N) is 1. The van der Waals surface area contributed by atoms with E-state index in [1.807, 2.05) is 36.4 Å². The third-order valence-corrected chi connectivity index (χ3v) is 5.63. The average molecular weight is 384 g/mol. The van der Waals surface area contributed by atoms with Gasteiger partial charge in [-0.2, -0.15) is 5.26 Å². The number of fused-ring (bicyclic) bond motifs is 1. The number of hydrogen-bond acceptors (Lipinski definition) is 6. The second-order valence-electron chi connectivity index (χ2n) is 7.88. The Balaban J connectivity index is 1.30. The van der Waals surface area contributed by atoms with E-state index in [1.54, 1.807) is 0 Å². The van der Waals surface area contributed by atoms with E-state index in [0.717, 1.165) is 55.4 Å². The Kier molecular flexibility index (Phi) is 4.74. The van der Waals surface area contributed by atoms with Gasteiger partial charge in [0.1, 0.15) is 0 Å². The van der Waals surface area contributed by atoms with Crippen LogP contribution in [0.3, 0.4) is 0 Å². The minimum Gasteiger partial charge on any atom is -0.364 e. The summed E-state index contributed by atoms with van der Waals surface area (Å²) in [6.45, 7) is 4.75. The van der Waals surface area contributed by atoms with Crippen LogP contribution in [0.15, 0.2) is 48.5 Å². The Morgan fingerprint density at radius 2 is 1.62 bits per heavy atom. The highest BCUT2D eigenvalue weighted by Crippen LogP contribution is 2.31. The molecule has 0 amide bonds. The average Bonchev–Trinajstić information content (AvgIpc) is 3.58. The first-order valence-electron chi connectivity index (χ1n) is 10.3. The van der Waals surface area contributed by atoms with Crippen LogP contribution < -0.4 is 10.2 Å². The van der Waals surface area contributed by atoms with Crippen LogP contribution in [0.1, 0.15) is 24.0 Å². The normalized spacial score (nSPS) is 17.3. The number of anilines is 2. The minimum absolute atomic E-state index is 0.543. The molecule has 1 saturated carbocycles. The summed E-state index contributed by atoms with van der Waals surface area (Å²) in [5.74, 6) is 1.90. The van der Waals surface area contributed by atoms with Crippen molar-refractivity contribution in [1.82, 2.24) is 14.9 Å². The van der Waals surface area contributed by atoms with Crippen molar-refractivity contribution in [2.24, 2.45) is 0 Å². The van der Waals surface area contributed by atoms with Crippen molar-refractivity contribution in [1.29, 1.82) is 5.26 Å². The van der Waals surface area contributed by atoms with Crippen LogP contribution in [0.5, 0.6) is 0 Å². The SMILES string of the molecule is N#Cc1ccc(CN2CCN(c3nc4ccccc4nc3NC3CC3)CC2)cc1. The predicted octanol–water partition coefficient (Wildman–Crippen LogP) is 3.40. The monoisotopic (exact) mass is 384 g/mol. The fourth-order valence-corrected chi connectivity index (χ4v) is 3.79. The van der Waals surface area contributed by atoms with Crippen molar-refractivity contribution in [3.05, 3.63) is 59.7 Å². The van der Waals surface area contributed by atoms with Gasteiger partial charge in [0, 0.05) is 38.8 Å². The molecule has 1 aromatic heterocycles. The number of aromatic nitrogens is 2. The second kappa shape index (κ2) is 7.69. The largest absolute Gasteiger partial charge is 0.364 e. The molecule has 1 N–H and O–H groups in total. The highest BCUT2D eigenvalue weighted by Gasteiger charge is 2.26. The third kappa shape index (κ3) is 4.01. The van der Waals surface area contributed by atoms with Crippen LogP contribution in [0.4, 0.5) is 11.6 Å². The van der Waals surface area contributed by atoms with Gasteiger partial charge in [0.25, 0.3) is 0 Å². The van der Waals surface area contributed by atoms with E-state index in [0.29, 0.717) is 11.6 Å². The maximum Gasteiger partial charge on any atom is 0.172 e. The molecule has 0 bridgehead atoms. The fourth-order valence-electron chi connectivity index (χ4n) is 3.79. The zero-order valence-corrected chi connectivity index (χ0v) is 16.4. The Labute approximate surface area is 170 Å². The molecule has 0 radical (unpaired) electrons. The molecule has 3 aromatic rings. The second-order valence-corrected chi connectivity index (χ2v) is 7.88. The van der Waals surface area contributed by atoms with E-state index in [-0.39, 0.29) is 0 Å². The summed E-state index contributed by atoms with van der Waals surface area (Å²) in [6, 6.07) is 18.7. The number of hydrogen-bond donors (Lipinski definition) is 1. The molecule has 2 aromatic carbocycles. The molecule has 6 heteroatoms. The Morgan fingerprint density at radius 3 is 2.28 bits per heavy atom. The van der Waals surface area contributed by atoms with E-state index in [1.165, 1.54) is 18.4 Å². The quantitative estimate of drug-likeness (QED) is 0.727. The highest BCUT2D eigenvalue weighted by atomic mass is 15.3. The van der Waals surface area contributed by atoms with Gasteiger partial charge < -0.3 is 10.2 Å². The number of piperazine rings is 1. The summed E-state index contributed by atoms with van der Waals surface area (Å²) in [4.78, 5) is 14.7. The van der Waals surface area contributed by atoms with Crippen molar-refractivity contribution in [3.63, 3.8) is 0 Å². The molecule has 2 fully saturated rings. The predicted molar refractivity (Wildman–Crippen MR) is 115 cm³/mol. The van der Waals surface area contributed by atoms with Gasteiger partial charge in [0.2, 0.25) is 0 Å². The van der Waals surface area contributed by atoms with Crippen LogP contribution in [0.2, 0.25) is 0 Å². The smallest absolute Gasteiger partial charge is 0.172 e. The number of benzene rings is 2. The van der Waals surface area contributed by atoms with Crippen molar-refractivity contribution in [2.75, 3.05) is 36.4 Å². The lowest BCUT2D eigenvalue weighted by atomic mass is 10.1. The molecule has 29 heavy (non-hydrogen) atoms. The van der Waals surface area contributed by atoms with E-state index in [2.05, 4.69) is 33.3 Å². The van der Waals surface area contributed by atoms with Gasteiger partial charge in [0.05, 0.1) is 22.7 Å². The van der Waals surface area contributed by atoms with Crippen LogP contribution in [0, 0.1) is 11.3 Å². The molecule has 146 valence electrons. The van der Waals surface area contributed by atoms with Crippen LogP contribution in [0.25, 0.3) is 11.0 Å². The number of nitrogens with zero attached hydrogens (tertiary/aromatic N) is 5. The van der Waals surface area contributed by atoms with Crippen LogP contribution >= 0.6 is 0 Å². The van der Waals surface area contributed by atoms with Gasteiger partial charge in [-0.25, -0.2) is 9.97 Å². The lowest BCUT2D eigenvalue weighted by molar-refractivity contribution is 0.249. The molecule has 5 rings (SSSR count). The zero-order valence-electron chi connectivity index (χ0n) is 16.4. The summed E-state index contributed by atoms with van der Waals surface area (Å²) in [6.07, 6.45) is 2.43. The summed E-state index contributed by atoms with van der Waals surface area (Å²) < 4.78 is 0. The van der Waals surface area contributed by atoms with Gasteiger partial charge in [0.15, 0.2) is 11.6 Å². The standard InChI is InChI=1S/C23H24N6/c24-15-17-5-7-18(8-6-17)16-28-11-13-29(14-12-28)23-22(25-19-9-10-19)26-20-3-1-2-4-21(20)27-23/h1-8,19H,9-14,16H2,(H,25,26). The molecular formula is C23H24N6. The molecular weight excluding hydrogens is 360 g/mol. The minimum atomic E-state index is 0.543. The number of nitriles is 1. The topological polar surface area (TPSA) is 68.1 Å². The molecule has 1 aliphatic carbocycles. The van der Waals surface area contributed by atoms with E-state index < -0.39 is 0 Å². The summed E-state index contributed by atoms with van der Waals surface area (Å²) in [7, 11) is 0. The molecule has 2 aliphatic rings. The highest BCUT2D eigenvalue weighted by molar-refractivity contribution is 5.80. The number of para-hydroxylation sites is 2. The molecule has 0 spiro atoms. The van der Waals surface area contributed by atoms with E-state index in [9.17, 15) is 0 Å². The van der Waals surface area contributed by atoms with E-state index in [4.69, 9.17) is 15.2 Å². The van der Waals surface area contributed by atoms with Crippen LogP contribution in [-0.4, -0.2) is 47.1 Å². The zero-order chi connectivity index (χ0) is 19.6. The molecule has 2 heterocycles. The Bertz CT molecular complexity index is 1040.